The van der Waals surface area contributed by atoms with E-state index in [-0.39, 0.29) is 17.1 Å². The van der Waals surface area contributed by atoms with Gasteiger partial charge in [-0.15, -0.1) is 0 Å². The maximum atomic E-state index is 13.5. The molecule has 0 atom stereocenters. The van der Waals surface area contributed by atoms with E-state index in [0.717, 1.165) is 23.3 Å². The number of benzene rings is 2. The number of carbonyl (C=O) groups is 1. The summed E-state index contributed by atoms with van der Waals surface area (Å²) in [5.41, 5.74) is 3.18. The van der Waals surface area contributed by atoms with Crippen LogP contribution in [-0.2, 0) is 10.0 Å². The molecule has 0 spiro atoms. The van der Waals surface area contributed by atoms with Crippen molar-refractivity contribution in [3.05, 3.63) is 89.1 Å². The monoisotopic (exact) mass is 485 g/mol. The molecular weight excluding hydrogens is 464 g/mol. The summed E-state index contributed by atoms with van der Waals surface area (Å²) in [4.78, 5) is 17.4. The highest BCUT2D eigenvalue weighted by Crippen LogP contribution is 2.29. The number of pyridine rings is 1. The van der Waals surface area contributed by atoms with E-state index >= 15 is 0 Å². The molecule has 0 aliphatic carbocycles. The molecule has 0 unspecified atom stereocenters. The van der Waals surface area contributed by atoms with Crippen molar-refractivity contribution in [2.75, 3.05) is 22.7 Å². The van der Waals surface area contributed by atoms with Crippen LogP contribution in [0.15, 0.2) is 65.7 Å². The summed E-state index contributed by atoms with van der Waals surface area (Å²) in [6.07, 6.45) is 3.91. The number of hydrogen-bond donors (Lipinski definition) is 2. The van der Waals surface area contributed by atoms with Crippen LogP contribution >= 0.6 is 0 Å². The van der Waals surface area contributed by atoms with Crippen LogP contribution in [-0.4, -0.2) is 37.6 Å². The second kappa shape index (κ2) is 9.22. The summed E-state index contributed by atoms with van der Waals surface area (Å²) < 4.78 is 53.9. The fraction of sp³-hybridized carbons (Fsp3) is 0.167. The lowest BCUT2D eigenvalue weighted by Gasteiger charge is -2.29. The van der Waals surface area contributed by atoms with E-state index in [1.807, 2.05) is 37.3 Å². The van der Waals surface area contributed by atoms with Crippen LogP contribution in [0.5, 0.6) is 0 Å². The number of anilines is 2. The van der Waals surface area contributed by atoms with Gasteiger partial charge in [-0.05, 0) is 54.3 Å². The van der Waals surface area contributed by atoms with Crippen LogP contribution in [0.3, 0.4) is 0 Å². The van der Waals surface area contributed by atoms with Crippen molar-refractivity contribution >= 4 is 33.1 Å². The van der Waals surface area contributed by atoms with E-state index in [1.54, 1.807) is 4.90 Å². The third-order valence-electron chi connectivity index (χ3n) is 5.55. The van der Waals surface area contributed by atoms with Gasteiger partial charge in [-0.2, -0.15) is 0 Å². The van der Waals surface area contributed by atoms with E-state index < -0.39 is 32.5 Å². The highest BCUT2D eigenvalue weighted by Gasteiger charge is 2.23. The van der Waals surface area contributed by atoms with E-state index in [2.05, 4.69) is 9.71 Å². The second-order valence-corrected chi connectivity index (χ2v) is 9.50. The van der Waals surface area contributed by atoms with Crippen molar-refractivity contribution in [2.24, 2.45) is 0 Å². The summed E-state index contributed by atoms with van der Waals surface area (Å²) in [6, 6.07) is 11.3. The van der Waals surface area contributed by atoms with Gasteiger partial charge in [-0.1, -0.05) is 30.3 Å². The molecule has 7 nitrogen and oxygen atoms in total. The molecule has 0 bridgehead atoms. The minimum absolute atomic E-state index is 0.112. The van der Waals surface area contributed by atoms with Crippen molar-refractivity contribution < 1.29 is 27.1 Å². The van der Waals surface area contributed by atoms with Crippen LogP contribution in [0.4, 0.5) is 20.3 Å². The standard InChI is InChI=1S/C24H21F2N3O4S/c1-15-4-2-3-5-19(15)16-8-10-29(11-9-16)23-20(24(30)31)12-17(14-27-23)28-34(32,33)18-6-7-21(25)22(26)13-18/h2-8,12-14,28H,9-11H2,1H3,(H,30,31). The number of aryl methyl sites for hydroxylation is 1. The van der Waals surface area contributed by atoms with Gasteiger partial charge in [0.15, 0.2) is 11.6 Å². The molecule has 2 heterocycles. The van der Waals surface area contributed by atoms with Crippen molar-refractivity contribution in [3.8, 4) is 0 Å². The first kappa shape index (κ1) is 23.4. The number of carboxylic acid groups (broad SMARTS) is 1. The quantitative estimate of drug-likeness (QED) is 0.535. The first-order valence-electron chi connectivity index (χ1n) is 10.4. The molecule has 0 fully saturated rings. The number of nitrogens with zero attached hydrogens (tertiary/aromatic N) is 2. The average molecular weight is 486 g/mol. The van der Waals surface area contributed by atoms with Crippen molar-refractivity contribution in [1.29, 1.82) is 0 Å². The lowest BCUT2D eigenvalue weighted by atomic mass is 9.95. The molecule has 4 rings (SSSR count). The van der Waals surface area contributed by atoms with Gasteiger partial charge in [0.2, 0.25) is 0 Å². The Morgan fingerprint density at radius 1 is 1.12 bits per heavy atom. The Kier molecular flexibility index (Phi) is 6.34. The summed E-state index contributed by atoms with van der Waals surface area (Å²) in [6.45, 7) is 3.01. The zero-order valence-electron chi connectivity index (χ0n) is 18.1. The fourth-order valence-corrected chi connectivity index (χ4v) is 4.87. The summed E-state index contributed by atoms with van der Waals surface area (Å²) in [5.74, 6) is -3.56. The van der Waals surface area contributed by atoms with Crippen LogP contribution in [0.1, 0.15) is 27.9 Å². The predicted octanol–water partition coefficient (Wildman–Crippen LogP) is 4.46. The Morgan fingerprint density at radius 2 is 1.88 bits per heavy atom. The smallest absolute Gasteiger partial charge is 0.339 e. The topological polar surface area (TPSA) is 99.6 Å². The van der Waals surface area contributed by atoms with Crippen LogP contribution in [0.25, 0.3) is 5.57 Å². The number of aromatic nitrogens is 1. The van der Waals surface area contributed by atoms with Gasteiger partial charge < -0.3 is 10.0 Å². The average Bonchev–Trinajstić information content (AvgIpc) is 2.81. The SMILES string of the molecule is Cc1ccccc1C1=CCN(c2ncc(NS(=O)(=O)c3ccc(F)c(F)c3)cc2C(=O)O)CC1. The summed E-state index contributed by atoms with van der Waals surface area (Å²) >= 11 is 0. The number of aromatic carboxylic acids is 1. The Balaban J connectivity index is 1.58. The normalized spacial score (nSPS) is 14.0. The molecule has 0 radical (unpaired) electrons. The van der Waals surface area contributed by atoms with E-state index in [4.69, 9.17) is 0 Å². The Hall–Kier alpha value is -3.79. The van der Waals surface area contributed by atoms with Gasteiger partial charge in [0.25, 0.3) is 10.0 Å². The van der Waals surface area contributed by atoms with Crippen LogP contribution in [0.2, 0.25) is 0 Å². The molecular formula is C24H21F2N3O4S. The molecule has 10 heteroatoms. The van der Waals surface area contributed by atoms with Gasteiger partial charge in [0.1, 0.15) is 11.4 Å². The van der Waals surface area contributed by atoms with Crippen LogP contribution in [0, 0.1) is 18.6 Å². The summed E-state index contributed by atoms with van der Waals surface area (Å²) in [7, 11) is -4.29. The first-order valence-corrected chi connectivity index (χ1v) is 11.9. The number of sulfonamides is 1. The zero-order chi connectivity index (χ0) is 24.5. The number of halogens is 2. The second-order valence-electron chi connectivity index (χ2n) is 7.82. The van der Waals surface area contributed by atoms with Crippen molar-refractivity contribution in [1.82, 2.24) is 4.98 Å². The molecule has 1 aliphatic rings. The molecule has 1 aliphatic heterocycles. The van der Waals surface area contributed by atoms with E-state index in [9.17, 15) is 27.1 Å². The molecule has 0 saturated heterocycles. The van der Waals surface area contributed by atoms with Gasteiger partial charge in [-0.3, -0.25) is 4.72 Å². The lowest BCUT2D eigenvalue weighted by Crippen LogP contribution is -2.31. The largest absolute Gasteiger partial charge is 0.478 e. The van der Waals surface area contributed by atoms with E-state index in [1.165, 1.54) is 11.8 Å². The van der Waals surface area contributed by atoms with Gasteiger partial charge in [-0.25, -0.2) is 27.0 Å². The number of nitrogens with one attached hydrogen (secondary N) is 1. The van der Waals surface area contributed by atoms with Crippen molar-refractivity contribution in [3.63, 3.8) is 0 Å². The predicted molar refractivity (Wildman–Crippen MR) is 124 cm³/mol. The maximum Gasteiger partial charge on any atom is 0.339 e. The molecule has 2 aromatic carbocycles. The minimum atomic E-state index is -4.29. The molecule has 0 amide bonds. The number of carboxylic acids is 1. The molecule has 176 valence electrons. The lowest BCUT2D eigenvalue weighted by molar-refractivity contribution is 0.0697. The third kappa shape index (κ3) is 4.76. The third-order valence-corrected chi connectivity index (χ3v) is 6.93. The highest BCUT2D eigenvalue weighted by molar-refractivity contribution is 7.92. The zero-order valence-corrected chi connectivity index (χ0v) is 18.9. The summed E-state index contributed by atoms with van der Waals surface area (Å²) in [5, 5.41) is 9.72. The fourth-order valence-electron chi connectivity index (χ4n) is 3.82. The van der Waals surface area contributed by atoms with E-state index in [0.29, 0.717) is 31.6 Å². The maximum absolute atomic E-state index is 13.5. The minimum Gasteiger partial charge on any atom is -0.478 e. The Morgan fingerprint density at radius 3 is 2.53 bits per heavy atom. The molecule has 2 N–H and O–H groups in total. The van der Waals surface area contributed by atoms with Crippen molar-refractivity contribution in [2.45, 2.75) is 18.2 Å². The Bertz CT molecular complexity index is 1410. The number of rotatable bonds is 6. The highest BCUT2D eigenvalue weighted by atomic mass is 32.2. The molecule has 1 aromatic heterocycles. The van der Waals surface area contributed by atoms with Gasteiger partial charge in [0.05, 0.1) is 16.8 Å². The number of hydrogen-bond acceptors (Lipinski definition) is 5. The molecule has 0 saturated carbocycles. The molecule has 34 heavy (non-hydrogen) atoms. The van der Waals surface area contributed by atoms with Gasteiger partial charge in [0, 0.05) is 13.1 Å². The first-order chi connectivity index (χ1) is 16.2. The van der Waals surface area contributed by atoms with Crippen LogP contribution < -0.4 is 9.62 Å². The molecule has 3 aromatic rings. The van der Waals surface area contributed by atoms with Gasteiger partial charge >= 0.3 is 5.97 Å². The Labute approximate surface area is 195 Å².